The van der Waals surface area contributed by atoms with Crippen molar-refractivity contribution >= 4 is 11.3 Å². The van der Waals surface area contributed by atoms with Gasteiger partial charge in [-0.1, -0.05) is 12.1 Å². The number of nitrogen functional groups attached to an aromatic ring is 1. The summed E-state index contributed by atoms with van der Waals surface area (Å²) in [6.45, 7) is 4.20. The van der Waals surface area contributed by atoms with E-state index in [-0.39, 0.29) is 0 Å². The van der Waals surface area contributed by atoms with E-state index in [1.807, 2.05) is 12.1 Å². The van der Waals surface area contributed by atoms with E-state index in [2.05, 4.69) is 24.9 Å². The van der Waals surface area contributed by atoms with Gasteiger partial charge in [0.15, 0.2) is 0 Å². The van der Waals surface area contributed by atoms with Crippen LogP contribution >= 0.6 is 0 Å². The van der Waals surface area contributed by atoms with E-state index < -0.39 is 0 Å². The van der Waals surface area contributed by atoms with E-state index in [0.717, 1.165) is 11.0 Å². The predicted octanol–water partition coefficient (Wildman–Crippen LogP) is 0.461. The Kier molecular flexibility index (Phi) is 1.43. The van der Waals surface area contributed by atoms with E-state index in [4.69, 9.17) is 5.73 Å². The second-order valence-electron chi connectivity index (χ2n) is 3.23. The van der Waals surface area contributed by atoms with Gasteiger partial charge in [0.2, 0.25) is 0 Å². The molecule has 12 heavy (non-hydrogen) atoms. The van der Waals surface area contributed by atoms with Gasteiger partial charge < -0.3 is 5.73 Å². The highest BCUT2D eigenvalue weighted by Gasteiger charge is 2.10. The molecular weight excluding hydrogens is 148 g/mol. The summed E-state index contributed by atoms with van der Waals surface area (Å²) in [6, 6.07) is 6.25. The van der Waals surface area contributed by atoms with Crippen molar-refractivity contribution in [1.82, 2.24) is 0 Å². The summed E-state index contributed by atoms with van der Waals surface area (Å²) in [5.41, 5.74) is 7.89. The number of nitrogens with zero attached hydrogens (tertiary/aromatic N) is 1. The van der Waals surface area contributed by atoms with Gasteiger partial charge >= 0.3 is 0 Å². The monoisotopic (exact) mass is 160 g/mol. The molecule has 1 unspecified atom stereocenters. The molecule has 0 fully saturated rings. The maximum atomic E-state index is 5.79. The van der Waals surface area contributed by atoms with Crippen molar-refractivity contribution in [3.63, 3.8) is 0 Å². The highest BCUT2D eigenvalue weighted by Crippen LogP contribution is 2.07. The molecule has 2 nitrogen and oxygen atoms in total. The summed E-state index contributed by atoms with van der Waals surface area (Å²) >= 11 is 0. The van der Waals surface area contributed by atoms with E-state index in [0.29, 0.717) is 6.04 Å². The van der Waals surface area contributed by atoms with Crippen LogP contribution in [-0.4, -0.2) is 6.04 Å². The molecule has 1 aromatic rings. The van der Waals surface area contributed by atoms with Crippen LogP contribution in [0.25, 0.3) is 5.57 Å². The Labute approximate surface area is 71.4 Å². The van der Waals surface area contributed by atoms with E-state index in [1.165, 1.54) is 10.8 Å². The number of nitrogens with two attached hydrogens (primary N) is 1. The zero-order chi connectivity index (χ0) is 8.72. The Morgan fingerprint density at radius 2 is 2.17 bits per heavy atom. The molecule has 1 aliphatic rings. The molecule has 1 atom stereocenters. The van der Waals surface area contributed by atoms with Crippen molar-refractivity contribution in [2.24, 2.45) is 4.99 Å². The Balaban J connectivity index is 2.93. The Hall–Kier alpha value is -1.31. The van der Waals surface area contributed by atoms with Crippen molar-refractivity contribution in [2.45, 2.75) is 19.9 Å². The van der Waals surface area contributed by atoms with Gasteiger partial charge in [0.25, 0.3) is 0 Å². The molecule has 0 aromatic heterocycles. The third kappa shape index (κ3) is 0.843. The molecule has 2 N–H and O–H groups in total. The van der Waals surface area contributed by atoms with Gasteiger partial charge in [-0.3, -0.25) is 4.99 Å². The number of anilines is 1. The molecule has 0 saturated heterocycles. The van der Waals surface area contributed by atoms with Gasteiger partial charge in [0, 0.05) is 5.22 Å². The van der Waals surface area contributed by atoms with Crippen molar-refractivity contribution in [3.05, 3.63) is 28.8 Å². The van der Waals surface area contributed by atoms with Gasteiger partial charge in [0.05, 0.1) is 17.1 Å². The molecule has 0 saturated carbocycles. The molecule has 1 heterocycles. The van der Waals surface area contributed by atoms with Crippen molar-refractivity contribution in [1.29, 1.82) is 0 Å². The molecule has 0 amide bonds. The van der Waals surface area contributed by atoms with Crippen molar-refractivity contribution in [3.8, 4) is 0 Å². The van der Waals surface area contributed by atoms with Gasteiger partial charge in [0.1, 0.15) is 0 Å². The first kappa shape index (κ1) is 7.35. The van der Waals surface area contributed by atoms with Crippen molar-refractivity contribution < 1.29 is 0 Å². The fourth-order valence-electron chi connectivity index (χ4n) is 1.54. The number of fused-ring (bicyclic) bond motifs is 1. The van der Waals surface area contributed by atoms with Crippen LogP contribution in [0.2, 0.25) is 0 Å². The topological polar surface area (TPSA) is 38.4 Å². The highest BCUT2D eigenvalue weighted by molar-refractivity contribution is 5.54. The van der Waals surface area contributed by atoms with Crippen LogP contribution in [-0.2, 0) is 0 Å². The zero-order valence-electron chi connectivity index (χ0n) is 7.33. The second kappa shape index (κ2) is 2.34. The fourth-order valence-corrected chi connectivity index (χ4v) is 1.54. The Morgan fingerprint density at radius 3 is 2.83 bits per heavy atom. The summed E-state index contributed by atoms with van der Waals surface area (Å²) in [5.74, 6) is 0. The lowest BCUT2D eigenvalue weighted by atomic mass is 10.1. The number of hydrogen-bond donors (Lipinski definition) is 1. The Morgan fingerprint density at radius 1 is 1.42 bits per heavy atom. The minimum atomic E-state index is 0.296. The zero-order valence-corrected chi connectivity index (χ0v) is 7.33. The standard InChI is InChI=1S/C10H12N2/c1-6-7(2)12-10-8(6)4-3-5-9(10)11/h3-5,7H,11H2,1-2H3. The lowest BCUT2D eigenvalue weighted by Crippen LogP contribution is -2.25. The molecule has 0 aliphatic carbocycles. The van der Waals surface area contributed by atoms with Crippen LogP contribution < -0.4 is 16.3 Å². The summed E-state index contributed by atoms with van der Waals surface area (Å²) in [4.78, 5) is 4.47. The molecule has 2 heteroatoms. The third-order valence-corrected chi connectivity index (χ3v) is 2.44. The van der Waals surface area contributed by atoms with Gasteiger partial charge in [-0.05, 0) is 25.5 Å². The molecule has 62 valence electrons. The van der Waals surface area contributed by atoms with Crippen LogP contribution in [0.5, 0.6) is 0 Å². The molecule has 0 spiro atoms. The van der Waals surface area contributed by atoms with E-state index in [1.54, 1.807) is 0 Å². The smallest absolute Gasteiger partial charge is 0.0883 e. The molecule has 1 aromatic carbocycles. The minimum Gasteiger partial charge on any atom is -0.397 e. The minimum absolute atomic E-state index is 0.296. The third-order valence-electron chi connectivity index (χ3n) is 2.44. The van der Waals surface area contributed by atoms with Crippen molar-refractivity contribution in [2.75, 3.05) is 5.73 Å². The summed E-state index contributed by atoms with van der Waals surface area (Å²) in [7, 11) is 0. The molecule has 2 rings (SSSR count). The maximum Gasteiger partial charge on any atom is 0.0883 e. The van der Waals surface area contributed by atoms with Gasteiger partial charge in [-0.25, -0.2) is 0 Å². The number of hydrogen-bond acceptors (Lipinski definition) is 2. The number of rotatable bonds is 0. The lowest BCUT2D eigenvalue weighted by molar-refractivity contribution is 0.927. The lowest BCUT2D eigenvalue weighted by Gasteiger charge is -1.97. The van der Waals surface area contributed by atoms with Crippen LogP contribution in [0, 0.1) is 0 Å². The first-order valence-electron chi connectivity index (χ1n) is 4.13. The first-order chi connectivity index (χ1) is 5.70. The summed E-state index contributed by atoms with van der Waals surface area (Å²) < 4.78 is 0. The Bertz CT molecular complexity index is 432. The normalized spacial score (nSPS) is 20.5. The number of para-hydroxylation sites is 1. The van der Waals surface area contributed by atoms with Crippen LogP contribution in [0.15, 0.2) is 23.2 Å². The maximum absolute atomic E-state index is 5.79. The van der Waals surface area contributed by atoms with Crippen LogP contribution in [0.4, 0.5) is 5.69 Å². The number of benzene rings is 1. The summed E-state index contributed by atoms with van der Waals surface area (Å²) in [6.07, 6.45) is 0. The van der Waals surface area contributed by atoms with E-state index >= 15 is 0 Å². The first-order valence-corrected chi connectivity index (χ1v) is 4.13. The highest BCUT2D eigenvalue weighted by atomic mass is 14.8. The van der Waals surface area contributed by atoms with Gasteiger partial charge in [-0.2, -0.15) is 0 Å². The molecule has 1 aliphatic heterocycles. The van der Waals surface area contributed by atoms with Crippen LogP contribution in [0.3, 0.4) is 0 Å². The second-order valence-corrected chi connectivity index (χ2v) is 3.23. The van der Waals surface area contributed by atoms with E-state index in [9.17, 15) is 0 Å². The van der Waals surface area contributed by atoms with Crippen LogP contribution in [0.1, 0.15) is 13.8 Å². The average molecular weight is 160 g/mol. The predicted molar refractivity (Wildman–Crippen MR) is 50.2 cm³/mol. The molecule has 0 radical (unpaired) electrons. The fraction of sp³-hybridized carbons (Fsp3) is 0.300. The van der Waals surface area contributed by atoms with Gasteiger partial charge in [-0.15, -0.1) is 0 Å². The largest absolute Gasteiger partial charge is 0.397 e. The molecular formula is C10H12N2. The quantitative estimate of drug-likeness (QED) is 0.550. The molecule has 0 bridgehead atoms. The SMILES string of the molecule is CC1=c2cccc(N)c2=NC1C. The average Bonchev–Trinajstić information content (AvgIpc) is 2.32. The summed E-state index contributed by atoms with van der Waals surface area (Å²) in [5, 5.41) is 2.19.